The summed E-state index contributed by atoms with van der Waals surface area (Å²) in [6.45, 7) is 1.79. The van der Waals surface area contributed by atoms with E-state index in [1.807, 2.05) is 30.3 Å². The van der Waals surface area contributed by atoms with Crippen molar-refractivity contribution in [2.75, 3.05) is 25.2 Å². The van der Waals surface area contributed by atoms with E-state index in [9.17, 15) is 0 Å². The van der Waals surface area contributed by atoms with Crippen LogP contribution in [0.5, 0.6) is 0 Å². The molecule has 1 fully saturated rings. The van der Waals surface area contributed by atoms with Crippen LogP contribution in [0.15, 0.2) is 30.3 Å². The molecule has 3 nitrogen and oxygen atoms in total. The lowest BCUT2D eigenvalue weighted by Crippen LogP contribution is -2.36. The molecule has 1 aromatic rings. The highest BCUT2D eigenvalue weighted by atomic mass is 16.6. The van der Waals surface area contributed by atoms with Crippen LogP contribution in [0, 0.1) is 0 Å². The molecule has 0 amide bonds. The molecule has 0 spiro atoms. The van der Waals surface area contributed by atoms with E-state index in [2.05, 4.69) is 17.6 Å². The first-order chi connectivity index (χ1) is 6.36. The number of hydrogen-bond donors (Lipinski definition) is 1. The fourth-order valence-electron chi connectivity index (χ4n) is 1.17. The number of benzene rings is 1. The van der Waals surface area contributed by atoms with Crippen LogP contribution in [-0.2, 0) is 4.74 Å². The molecule has 1 aromatic carbocycles. The summed E-state index contributed by atoms with van der Waals surface area (Å²) in [5.41, 5.74) is 4.44. The first-order valence-electron chi connectivity index (χ1n) is 4.50. The predicted octanol–water partition coefficient (Wildman–Crippen LogP) is 1.03. The molecular formula is C10H14N2O. The maximum absolute atomic E-state index is 5.11. The lowest BCUT2D eigenvalue weighted by atomic mass is 10.3. The van der Waals surface area contributed by atoms with Crippen molar-refractivity contribution in [3.63, 3.8) is 0 Å². The van der Waals surface area contributed by atoms with Crippen molar-refractivity contribution >= 4 is 5.69 Å². The Morgan fingerprint density at radius 2 is 2.15 bits per heavy atom. The SMILES string of the molecule is CN(NCC1CO1)c1ccccc1. The zero-order chi connectivity index (χ0) is 9.10. The second-order valence-corrected chi connectivity index (χ2v) is 3.21. The summed E-state index contributed by atoms with van der Waals surface area (Å²) in [7, 11) is 2.01. The fourth-order valence-corrected chi connectivity index (χ4v) is 1.17. The number of para-hydroxylation sites is 1. The summed E-state index contributed by atoms with van der Waals surface area (Å²) in [6.07, 6.45) is 0.422. The largest absolute Gasteiger partial charge is 0.372 e. The van der Waals surface area contributed by atoms with Crippen molar-refractivity contribution in [2.24, 2.45) is 0 Å². The van der Waals surface area contributed by atoms with Crippen LogP contribution in [0.3, 0.4) is 0 Å². The van der Waals surface area contributed by atoms with Gasteiger partial charge in [0, 0.05) is 13.6 Å². The first kappa shape index (κ1) is 8.53. The van der Waals surface area contributed by atoms with E-state index in [0.717, 1.165) is 13.2 Å². The number of nitrogens with one attached hydrogen (secondary N) is 1. The third-order valence-electron chi connectivity index (χ3n) is 2.10. The van der Waals surface area contributed by atoms with Crippen LogP contribution in [0.4, 0.5) is 5.69 Å². The van der Waals surface area contributed by atoms with Crippen molar-refractivity contribution < 1.29 is 4.74 Å². The summed E-state index contributed by atoms with van der Waals surface area (Å²) in [6, 6.07) is 10.2. The van der Waals surface area contributed by atoms with Crippen LogP contribution in [-0.4, -0.2) is 26.3 Å². The van der Waals surface area contributed by atoms with Gasteiger partial charge in [-0.3, -0.25) is 0 Å². The van der Waals surface area contributed by atoms with Gasteiger partial charge >= 0.3 is 0 Å². The minimum atomic E-state index is 0.422. The number of epoxide rings is 1. The van der Waals surface area contributed by atoms with Gasteiger partial charge in [-0.15, -0.1) is 0 Å². The number of anilines is 1. The maximum Gasteiger partial charge on any atom is 0.0952 e. The molecule has 3 heteroatoms. The minimum absolute atomic E-state index is 0.422. The van der Waals surface area contributed by atoms with Crippen molar-refractivity contribution in [2.45, 2.75) is 6.10 Å². The summed E-state index contributed by atoms with van der Waals surface area (Å²) in [5, 5.41) is 2.02. The van der Waals surface area contributed by atoms with Crippen LogP contribution < -0.4 is 10.4 Å². The Bertz CT molecular complexity index is 259. The molecule has 1 aliphatic rings. The van der Waals surface area contributed by atoms with Crippen molar-refractivity contribution in [1.29, 1.82) is 0 Å². The first-order valence-corrected chi connectivity index (χ1v) is 4.50. The third kappa shape index (κ3) is 2.44. The van der Waals surface area contributed by atoms with Gasteiger partial charge in [0.05, 0.1) is 18.4 Å². The normalized spacial score (nSPS) is 19.9. The van der Waals surface area contributed by atoms with E-state index in [4.69, 9.17) is 4.74 Å². The Morgan fingerprint density at radius 1 is 1.46 bits per heavy atom. The second kappa shape index (κ2) is 3.77. The van der Waals surface area contributed by atoms with Crippen LogP contribution >= 0.6 is 0 Å². The molecule has 1 atom stereocenters. The number of hydrogen-bond acceptors (Lipinski definition) is 3. The molecule has 0 bridgehead atoms. The van der Waals surface area contributed by atoms with E-state index in [1.54, 1.807) is 0 Å². The van der Waals surface area contributed by atoms with Gasteiger partial charge in [-0.1, -0.05) is 18.2 Å². The Labute approximate surface area is 78.3 Å². The number of nitrogens with zero attached hydrogens (tertiary/aromatic N) is 1. The molecule has 1 N–H and O–H groups in total. The molecule has 0 radical (unpaired) electrons. The molecule has 2 rings (SSSR count). The quantitative estimate of drug-likeness (QED) is 0.551. The molecule has 0 saturated carbocycles. The highest BCUT2D eigenvalue weighted by Crippen LogP contribution is 2.10. The second-order valence-electron chi connectivity index (χ2n) is 3.21. The lowest BCUT2D eigenvalue weighted by Gasteiger charge is -2.19. The highest BCUT2D eigenvalue weighted by molar-refractivity contribution is 5.43. The lowest BCUT2D eigenvalue weighted by molar-refractivity contribution is 0.396. The van der Waals surface area contributed by atoms with E-state index in [1.165, 1.54) is 5.69 Å². The van der Waals surface area contributed by atoms with Gasteiger partial charge in [-0.25, -0.2) is 5.43 Å². The van der Waals surface area contributed by atoms with E-state index < -0.39 is 0 Å². The minimum Gasteiger partial charge on any atom is -0.372 e. The number of ether oxygens (including phenoxy) is 1. The summed E-state index contributed by atoms with van der Waals surface area (Å²) in [5.74, 6) is 0. The van der Waals surface area contributed by atoms with Gasteiger partial charge in [0.1, 0.15) is 0 Å². The molecule has 1 aliphatic heterocycles. The molecular weight excluding hydrogens is 164 g/mol. The van der Waals surface area contributed by atoms with E-state index >= 15 is 0 Å². The highest BCUT2D eigenvalue weighted by Gasteiger charge is 2.22. The average molecular weight is 178 g/mol. The van der Waals surface area contributed by atoms with Crippen molar-refractivity contribution in [3.05, 3.63) is 30.3 Å². The standard InChI is InChI=1S/C10H14N2O/c1-12(11-7-10-8-13-10)9-5-3-2-4-6-9/h2-6,10-11H,7-8H2,1H3. The average Bonchev–Trinajstić information content (AvgIpc) is 2.99. The van der Waals surface area contributed by atoms with Crippen molar-refractivity contribution in [1.82, 2.24) is 5.43 Å². The van der Waals surface area contributed by atoms with Gasteiger partial charge in [0.15, 0.2) is 0 Å². The molecule has 13 heavy (non-hydrogen) atoms. The molecule has 1 saturated heterocycles. The maximum atomic E-state index is 5.11. The van der Waals surface area contributed by atoms with Gasteiger partial charge in [0.25, 0.3) is 0 Å². The monoisotopic (exact) mass is 178 g/mol. The zero-order valence-corrected chi connectivity index (χ0v) is 7.73. The van der Waals surface area contributed by atoms with Crippen molar-refractivity contribution in [3.8, 4) is 0 Å². The molecule has 1 heterocycles. The summed E-state index contributed by atoms with van der Waals surface area (Å²) >= 11 is 0. The Balaban J connectivity index is 1.85. The van der Waals surface area contributed by atoms with E-state index in [0.29, 0.717) is 6.10 Å². The third-order valence-corrected chi connectivity index (χ3v) is 2.10. The Morgan fingerprint density at radius 3 is 2.77 bits per heavy atom. The number of hydrazine groups is 1. The predicted molar refractivity (Wildman–Crippen MR) is 52.6 cm³/mol. The van der Waals surface area contributed by atoms with Gasteiger partial charge < -0.3 is 9.75 Å². The Hall–Kier alpha value is -1.06. The molecule has 1 unspecified atom stereocenters. The molecule has 70 valence electrons. The molecule has 0 aliphatic carbocycles. The summed E-state index contributed by atoms with van der Waals surface area (Å²) < 4.78 is 5.11. The zero-order valence-electron chi connectivity index (χ0n) is 7.73. The van der Waals surface area contributed by atoms with Crippen LogP contribution in [0.1, 0.15) is 0 Å². The smallest absolute Gasteiger partial charge is 0.0952 e. The van der Waals surface area contributed by atoms with E-state index in [-0.39, 0.29) is 0 Å². The summed E-state index contributed by atoms with van der Waals surface area (Å²) in [4.78, 5) is 0. The van der Waals surface area contributed by atoms with Gasteiger partial charge in [0.2, 0.25) is 0 Å². The van der Waals surface area contributed by atoms with Gasteiger partial charge in [-0.05, 0) is 12.1 Å². The van der Waals surface area contributed by atoms with Crippen LogP contribution in [0.2, 0.25) is 0 Å². The molecule has 0 aromatic heterocycles. The number of rotatable bonds is 4. The van der Waals surface area contributed by atoms with Crippen LogP contribution in [0.25, 0.3) is 0 Å². The topological polar surface area (TPSA) is 27.8 Å². The Kier molecular flexibility index (Phi) is 2.47. The van der Waals surface area contributed by atoms with Gasteiger partial charge in [-0.2, -0.15) is 0 Å². The fraction of sp³-hybridized carbons (Fsp3) is 0.400.